The Labute approximate surface area is 215 Å². The highest BCUT2D eigenvalue weighted by atomic mass is 35.5. The SMILES string of the molecule is CCCCNC(=O)OC(C)N(CC(N)c1ccc(Cl)cc1)C(C)OC(=O)NCCCC.Cl.Cl. The number of amides is 2. The van der Waals surface area contributed by atoms with Crippen LogP contribution in [0.15, 0.2) is 24.3 Å². The third-order valence-electron chi connectivity index (χ3n) is 4.79. The third-order valence-corrected chi connectivity index (χ3v) is 5.05. The number of unbranched alkanes of at least 4 members (excludes halogenated alkanes) is 2. The molecule has 3 unspecified atom stereocenters. The zero-order valence-electron chi connectivity index (χ0n) is 19.8. The van der Waals surface area contributed by atoms with Gasteiger partial charge in [-0.1, -0.05) is 50.4 Å². The first-order valence-corrected chi connectivity index (χ1v) is 11.3. The number of hydrogen-bond acceptors (Lipinski definition) is 6. The lowest BCUT2D eigenvalue weighted by molar-refractivity contribution is -0.0940. The summed E-state index contributed by atoms with van der Waals surface area (Å²) in [7, 11) is 0. The Morgan fingerprint density at radius 2 is 1.36 bits per heavy atom. The fourth-order valence-electron chi connectivity index (χ4n) is 2.90. The second-order valence-corrected chi connectivity index (χ2v) is 7.86. The van der Waals surface area contributed by atoms with Crippen LogP contribution in [0.4, 0.5) is 9.59 Å². The second kappa shape index (κ2) is 18.9. The fourth-order valence-corrected chi connectivity index (χ4v) is 3.02. The summed E-state index contributed by atoms with van der Waals surface area (Å²) in [5.74, 6) is 0. The molecule has 0 radical (unpaired) electrons. The molecule has 0 aliphatic rings. The van der Waals surface area contributed by atoms with Crippen molar-refractivity contribution in [3.63, 3.8) is 0 Å². The highest BCUT2D eigenvalue weighted by Gasteiger charge is 2.28. The second-order valence-electron chi connectivity index (χ2n) is 7.42. The average Bonchev–Trinajstić information content (AvgIpc) is 2.72. The molecule has 1 aromatic carbocycles. The van der Waals surface area contributed by atoms with Crippen LogP contribution in [0.25, 0.3) is 0 Å². The van der Waals surface area contributed by atoms with Gasteiger partial charge in [0.05, 0.1) is 0 Å². The molecule has 4 N–H and O–H groups in total. The van der Waals surface area contributed by atoms with Crippen molar-refractivity contribution in [1.29, 1.82) is 0 Å². The van der Waals surface area contributed by atoms with E-state index in [2.05, 4.69) is 10.6 Å². The van der Waals surface area contributed by atoms with Crippen LogP contribution in [0.1, 0.15) is 65.0 Å². The number of carbonyl (C=O) groups is 2. The molecule has 2 amide bonds. The van der Waals surface area contributed by atoms with Gasteiger partial charge in [-0.3, -0.25) is 0 Å². The minimum atomic E-state index is -0.668. The topological polar surface area (TPSA) is 106 Å². The molecule has 0 fully saturated rings. The van der Waals surface area contributed by atoms with Gasteiger partial charge in [0.25, 0.3) is 0 Å². The van der Waals surface area contributed by atoms with E-state index in [1.165, 1.54) is 0 Å². The Kier molecular flexibility index (Phi) is 19.3. The van der Waals surface area contributed by atoms with E-state index < -0.39 is 30.7 Å². The first-order valence-electron chi connectivity index (χ1n) is 10.9. The minimum absolute atomic E-state index is 0. The van der Waals surface area contributed by atoms with Gasteiger partial charge in [-0.25, -0.2) is 14.5 Å². The third kappa shape index (κ3) is 13.8. The molecule has 0 heterocycles. The summed E-state index contributed by atoms with van der Waals surface area (Å²) in [4.78, 5) is 26.0. The van der Waals surface area contributed by atoms with Crippen molar-refractivity contribution in [2.24, 2.45) is 5.73 Å². The molecule has 0 aliphatic heterocycles. The molecule has 0 saturated heterocycles. The lowest BCUT2D eigenvalue weighted by Gasteiger charge is -2.35. The number of benzene rings is 1. The number of halogens is 3. The Bertz CT molecular complexity index is 638. The lowest BCUT2D eigenvalue weighted by atomic mass is 10.1. The Hall–Kier alpha value is -1.45. The highest BCUT2D eigenvalue weighted by molar-refractivity contribution is 6.30. The van der Waals surface area contributed by atoms with Gasteiger partial charge < -0.3 is 25.8 Å². The van der Waals surface area contributed by atoms with Gasteiger partial charge in [-0.05, 0) is 44.4 Å². The van der Waals surface area contributed by atoms with Gasteiger partial charge in [0.1, 0.15) is 0 Å². The minimum Gasteiger partial charge on any atom is -0.430 e. The molecule has 11 heteroatoms. The van der Waals surface area contributed by atoms with Crippen molar-refractivity contribution in [3.8, 4) is 0 Å². The Balaban J connectivity index is 0. The Morgan fingerprint density at radius 3 is 1.76 bits per heavy atom. The van der Waals surface area contributed by atoms with Gasteiger partial charge in [0.15, 0.2) is 12.5 Å². The first kappa shape index (κ1) is 33.7. The van der Waals surface area contributed by atoms with Crippen LogP contribution in [0, 0.1) is 0 Å². The van der Waals surface area contributed by atoms with Crippen LogP contribution in [0.2, 0.25) is 5.02 Å². The zero-order chi connectivity index (χ0) is 23.2. The summed E-state index contributed by atoms with van der Waals surface area (Å²) < 4.78 is 11.0. The zero-order valence-corrected chi connectivity index (χ0v) is 22.2. The van der Waals surface area contributed by atoms with Crippen LogP contribution in [-0.2, 0) is 9.47 Å². The standard InChI is InChI=1S/C22H37ClN4O4.2ClH/c1-5-7-13-25-21(28)30-16(3)27(17(4)31-22(29)26-14-8-6-2)15-20(24)18-9-11-19(23)12-10-18;;/h9-12,16-17,20H,5-8,13-15,24H2,1-4H3,(H,25,28)(H,26,29);2*1H. The van der Waals surface area contributed by atoms with E-state index in [-0.39, 0.29) is 24.8 Å². The molecule has 3 atom stereocenters. The van der Waals surface area contributed by atoms with Crippen molar-refractivity contribution in [2.75, 3.05) is 19.6 Å². The quantitative estimate of drug-likeness (QED) is 0.239. The van der Waals surface area contributed by atoms with E-state index in [9.17, 15) is 9.59 Å². The molecule has 0 saturated carbocycles. The van der Waals surface area contributed by atoms with Crippen molar-refractivity contribution in [2.45, 2.75) is 71.9 Å². The number of ether oxygens (including phenoxy) is 2. The van der Waals surface area contributed by atoms with Crippen LogP contribution >= 0.6 is 36.4 Å². The summed E-state index contributed by atoms with van der Waals surface area (Å²) in [6, 6.07) is 6.82. The van der Waals surface area contributed by atoms with E-state index in [0.717, 1.165) is 31.2 Å². The van der Waals surface area contributed by atoms with Crippen molar-refractivity contribution in [1.82, 2.24) is 15.5 Å². The predicted molar refractivity (Wildman–Crippen MR) is 137 cm³/mol. The van der Waals surface area contributed by atoms with Crippen molar-refractivity contribution >= 4 is 48.6 Å². The number of carbonyl (C=O) groups excluding carboxylic acids is 2. The molecule has 0 aromatic heterocycles. The largest absolute Gasteiger partial charge is 0.430 e. The van der Waals surface area contributed by atoms with E-state index >= 15 is 0 Å². The summed E-state index contributed by atoms with van der Waals surface area (Å²) >= 11 is 5.96. The molecular weight excluding hydrogens is 491 g/mol. The van der Waals surface area contributed by atoms with E-state index in [1.807, 2.05) is 26.0 Å². The van der Waals surface area contributed by atoms with Crippen LogP contribution in [0.5, 0.6) is 0 Å². The maximum absolute atomic E-state index is 12.1. The van der Waals surface area contributed by atoms with Gasteiger partial charge in [-0.15, -0.1) is 24.8 Å². The molecule has 0 bridgehead atoms. The number of alkyl carbamates (subject to hydrolysis) is 2. The molecular formula is C22H39Cl3N4O4. The number of nitrogens with one attached hydrogen (secondary N) is 2. The van der Waals surface area contributed by atoms with Crippen molar-refractivity contribution in [3.05, 3.63) is 34.9 Å². The van der Waals surface area contributed by atoms with E-state index in [0.29, 0.717) is 24.7 Å². The fraction of sp³-hybridized carbons (Fsp3) is 0.636. The molecule has 0 spiro atoms. The molecule has 1 aromatic rings. The van der Waals surface area contributed by atoms with Gasteiger partial charge >= 0.3 is 12.2 Å². The lowest BCUT2D eigenvalue weighted by Crippen LogP contribution is -2.49. The van der Waals surface area contributed by atoms with Crippen LogP contribution in [-0.4, -0.2) is 49.2 Å². The number of nitrogens with two attached hydrogens (primary N) is 1. The van der Waals surface area contributed by atoms with Crippen molar-refractivity contribution < 1.29 is 19.1 Å². The van der Waals surface area contributed by atoms with Gasteiger partial charge in [-0.2, -0.15) is 0 Å². The maximum atomic E-state index is 12.1. The first-order chi connectivity index (χ1) is 14.8. The summed E-state index contributed by atoms with van der Waals surface area (Å²) in [6.07, 6.45) is 1.29. The monoisotopic (exact) mass is 528 g/mol. The van der Waals surface area contributed by atoms with Crippen LogP contribution < -0.4 is 16.4 Å². The maximum Gasteiger partial charge on any atom is 0.408 e. The Morgan fingerprint density at radius 1 is 0.939 bits per heavy atom. The molecule has 0 aliphatic carbocycles. The van der Waals surface area contributed by atoms with Gasteiger partial charge in [0, 0.05) is 30.7 Å². The predicted octanol–water partition coefficient (Wildman–Crippen LogP) is 5.23. The number of hydrogen-bond donors (Lipinski definition) is 3. The molecule has 192 valence electrons. The highest BCUT2D eigenvalue weighted by Crippen LogP contribution is 2.19. The normalized spacial score (nSPS) is 13.1. The summed E-state index contributed by atoms with van der Waals surface area (Å²) in [5, 5.41) is 6.06. The van der Waals surface area contributed by atoms with E-state index in [1.54, 1.807) is 30.9 Å². The number of rotatable bonds is 13. The molecule has 33 heavy (non-hydrogen) atoms. The smallest absolute Gasteiger partial charge is 0.408 e. The van der Waals surface area contributed by atoms with Gasteiger partial charge in [0.2, 0.25) is 0 Å². The molecule has 8 nitrogen and oxygen atoms in total. The summed E-state index contributed by atoms with van der Waals surface area (Å²) in [5.41, 5.74) is 7.25. The van der Waals surface area contributed by atoms with Crippen LogP contribution in [0.3, 0.4) is 0 Å². The average molecular weight is 530 g/mol. The van der Waals surface area contributed by atoms with E-state index in [4.69, 9.17) is 26.8 Å². The summed E-state index contributed by atoms with van der Waals surface area (Å²) in [6.45, 7) is 8.91. The molecule has 1 rings (SSSR count). The number of nitrogens with zero attached hydrogens (tertiary/aromatic N) is 1.